The summed E-state index contributed by atoms with van der Waals surface area (Å²) in [6, 6.07) is 14.0. The van der Waals surface area contributed by atoms with Crippen LogP contribution in [0, 0.1) is 5.82 Å². The van der Waals surface area contributed by atoms with Gasteiger partial charge in [0, 0.05) is 10.6 Å². The van der Waals surface area contributed by atoms with Crippen molar-refractivity contribution in [3.8, 4) is 0 Å². The molecule has 2 aromatic carbocycles. The first-order valence-electron chi connectivity index (χ1n) is 5.30. The van der Waals surface area contributed by atoms with Gasteiger partial charge in [-0.25, -0.2) is 4.39 Å². The van der Waals surface area contributed by atoms with Crippen molar-refractivity contribution in [2.45, 2.75) is 11.8 Å². The summed E-state index contributed by atoms with van der Waals surface area (Å²) in [5, 5.41) is 0.287. The normalized spacial score (nSPS) is 12.4. The van der Waals surface area contributed by atoms with E-state index in [9.17, 15) is 4.39 Å². The maximum Gasteiger partial charge on any atom is 0.127 e. The van der Waals surface area contributed by atoms with E-state index in [2.05, 4.69) is 0 Å². The molecule has 0 N–H and O–H groups in total. The Bertz CT molecular complexity index is 511. The van der Waals surface area contributed by atoms with Gasteiger partial charge in [0.25, 0.3) is 0 Å². The predicted molar refractivity (Wildman–Crippen MR) is 70.2 cm³/mol. The third-order valence-electron chi connectivity index (χ3n) is 2.55. The average Bonchev–Trinajstić information content (AvgIpc) is 2.29. The molecule has 0 aromatic heterocycles. The molecular weight excluding hydrogens is 258 g/mol. The van der Waals surface area contributed by atoms with Gasteiger partial charge in [-0.05, 0) is 30.2 Å². The summed E-state index contributed by atoms with van der Waals surface area (Å²) in [6.07, 6.45) is 0.559. The molecular formula is C14H11Cl2F. The molecule has 0 bridgehead atoms. The molecule has 0 aliphatic heterocycles. The molecule has 0 heterocycles. The molecule has 2 aromatic rings. The Balaban J connectivity index is 2.17. The zero-order valence-corrected chi connectivity index (χ0v) is 10.5. The standard InChI is InChI=1S/C14H11Cl2F/c15-11-5-3-4-10(8-11)9-13(16)12-6-1-2-7-14(12)17/h1-8,13H,9H2. The van der Waals surface area contributed by atoms with E-state index in [4.69, 9.17) is 23.2 Å². The topological polar surface area (TPSA) is 0 Å². The van der Waals surface area contributed by atoms with Gasteiger partial charge in [-0.2, -0.15) is 0 Å². The van der Waals surface area contributed by atoms with Gasteiger partial charge >= 0.3 is 0 Å². The highest BCUT2D eigenvalue weighted by Crippen LogP contribution is 2.27. The lowest BCUT2D eigenvalue weighted by atomic mass is 10.0. The highest BCUT2D eigenvalue weighted by Gasteiger charge is 2.13. The number of hydrogen-bond donors (Lipinski definition) is 0. The van der Waals surface area contributed by atoms with Crippen LogP contribution in [-0.2, 0) is 6.42 Å². The van der Waals surface area contributed by atoms with Gasteiger partial charge < -0.3 is 0 Å². The van der Waals surface area contributed by atoms with Gasteiger partial charge in [0.1, 0.15) is 5.82 Å². The predicted octanol–water partition coefficient (Wildman–Crippen LogP) is 5.00. The molecule has 0 saturated carbocycles. The lowest BCUT2D eigenvalue weighted by Crippen LogP contribution is -1.98. The Morgan fingerprint density at radius 2 is 1.82 bits per heavy atom. The summed E-state index contributed by atoms with van der Waals surface area (Å²) in [7, 11) is 0. The minimum absolute atomic E-state index is 0.269. The van der Waals surface area contributed by atoms with E-state index >= 15 is 0 Å². The summed E-state index contributed by atoms with van der Waals surface area (Å²) in [5.41, 5.74) is 1.52. The van der Waals surface area contributed by atoms with Crippen molar-refractivity contribution >= 4 is 23.2 Å². The van der Waals surface area contributed by atoms with Crippen LogP contribution in [0.3, 0.4) is 0 Å². The quantitative estimate of drug-likeness (QED) is 0.688. The first kappa shape index (κ1) is 12.4. The molecule has 88 valence electrons. The summed E-state index contributed by atoms with van der Waals surface area (Å²) in [6.45, 7) is 0. The maximum absolute atomic E-state index is 13.5. The summed E-state index contributed by atoms with van der Waals surface area (Å²) in [5.74, 6) is -0.269. The lowest BCUT2D eigenvalue weighted by molar-refractivity contribution is 0.606. The fourth-order valence-corrected chi connectivity index (χ4v) is 2.28. The number of halogens is 3. The van der Waals surface area contributed by atoms with Crippen LogP contribution in [-0.4, -0.2) is 0 Å². The molecule has 0 radical (unpaired) electrons. The van der Waals surface area contributed by atoms with Crippen molar-refractivity contribution in [1.29, 1.82) is 0 Å². The third kappa shape index (κ3) is 3.21. The Kier molecular flexibility index (Phi) is 4.03. The van der Waals surface area contributed by atoms with Crippen molar-refractivity contribution in [1.82, 2.24) is 0 Å². The molecule has 0 amide bonds. The highest BCUT2D eigenvalue weighted by molar-refractivity contribution is 6.30. The van der Waals surface area contributed by atoms with Crippen LogP contribution in [0.5, 0.6) is 0 Å². The number of benzene rings is 2. The van der Waals surface area contributed by atoms with Gasteiger partial charge in [0.15, 0.2) is 0 Å². The van der Waals surface area contributed by atoms with Crippen molar-refractivity contribution in [2.75, 3.05) is 0 Å². The number of alkyl halides is 1. The van der Waals surface area contributed by atoms with E-state index in [1.165, 1.54) is 6.07 Å². The van der Waals surface area contributed by atoms with E-state index in [0.29, 0.717) is 17.0 Å². The molecule has 1 unspecified atom stereocenters. The molecule has 1 atom stereocenters. The van der Waals surface area contributed by atoms with Gasteiger partial charge in [-0.1, -0.05) is 41.9 Å². The van der Waals surface area contributed by atoms with Crippen molar-refractivity contribution in [3.63, 3.8) is 0 Å². The molecule has 0 nitrogen and oxygen atoms in total. The van der Waals surface area contributed by atoms with E-state index in [1.807, 2.05) is 18.2 Å². The fraction of sp³-hybridized carbons (Fsp3) is 0.143. The van der Waals surface area contributed by atoms with Crippen LogP contribution in [0.4, 0.5) is 4.39 Å². The highest BCUT2D eigenvalue weighted by atomic mass is 35.5. The fourth-order valence-electron chi connectivity index (χ4n) is 1.71. The first-order valence-corrected chi connectivity index (χ1v) is 6.11. The van der Waals surface area contributed by atoms with E-state index in [1.54, 1.807) is 24.3 Å². The SMILES string of the molecule is Fc1ccccc1C(Cl)Cc1cccc(Cl)c1. The van der Waals surface area contributed by atoms with Gasteiger partial charge in [0.2, 0.25) is 0 Å². The van der Waals surface area contributed by atoms with Crippen LogP contribution in [0.25, 0.3) is 0 Å². The van der Waals surface area contributed by atoms with Gasteiger partial charge in [-0.15, -0.1) is 11.6 Å². The molecule has 0 aliphatic rings. The van der Waals surface area contributed by atoms with E-state index in [-0.39, 0.29) is 11.2 Å². The average molecular weight is 269 g/mol. The lowest BCUT2D eigenvalue weighted by Gasteiger charge is -2.11. The second kappa shape index (κ2) is 5.52. The number of rotatable bonds is 3. The third-order valence-corrected chi connectivity index (χ3v) is 3.17. The minimum atomic E-state index is -0.380. The molecule has 3 heteroatoms. The zero-order chi connectivity index (χ0) is 12.3. The Hall–Kier alpha value is -1.05. The molecule has 0 fully saturated rings. The van der Waals surface area contributed by atoms with Crippen LogP contribution in [0.2, 0.25) is 5.02 Å². The summed E-state index contributed by atoms with van der Waals surface area (Å²) < 4.78 is 13.5. The Morgan fingerprint density at radius 3 is 2.53 bits per heavy atom. The molecule has 0 spiro atoms. The second-order valence-corrected chi connectivity index (χ2v) is 4.79. The smallest absolute Gasteiger partial charge is 0.127 e. The van der Waals surface area contributed by atoms with Crippen LogP contribution in [0.15, 0.2) is 48.5 Å². The van der Waals surface area contributed by atoms with E-state index < -0.39 is 0 Å². The Morgan fingerprint density at radius 1 is 1.06 bits per heavy atom. The van der Waals surface area contributed by atoms with Crippen molar-refractivity contribution < 1.29 is 4.39 Å². The molecule has 0 aliphatic carbocycles. The van der Waals surface area contributed by atoms with Gasteiger partial charge in [0.05, 0.1) is 5.38 Å². The largest absolute Gasteiger partial charge is 0.207 e. The van der Waals surface area contributed by atoms with Crippen LogP contribution < -0.4 is 0 Å². The first-order chi connectivity index (χ1) is 8.16. The maximum atomic E-state index is 13.5. The Labute approximate surface area is 110 Å². The number of hydrogen-bond acceptors (Lipinski definition) is 0. The van der Waals surface area contributed by atoms with E-state index in [0.717, 1.165) is 5.56 Å². The van der Waals surface area contributed by atoms with Crippen molar-refractivity contribution in [2.24, 2.45) is 0 Å². The molecule has 0 saturated heterocycles. The van der Waals surface area contributed by atoms with Gasteiger partial charge in [-0.3, -0.25) is 0 Å². The van der Waals surface area contributed by atoms with Crippen molar-refractivity contribution in [3.05, 3.63) is 70.5 Å². The zero-order valence-electron chi connectivity index (χ0n) is 9.04. The van der Waals surface area contributed by atoms with Crippen LogP contribution >= 0.6 is 23.2 Å². The summed E-state index contributed by atoms with van der Waals surface area (Å²) in [4.78, 5) is 0. The molecule has 17 heavy (non-hydrogen) atoms. The minimum Gasteiger partial charge on any atom is -0.207 e. The van der Waals surface area contributed by atoms with Crippen LogP contribution in [0.1, 0.15) is 16.5 Å². The second-order valence-electron chi connectivity index (χ2n) is 3.82. The monoisotopic (exact) mass is 268 g/mol. The summed E-state index contributed by atoms with van der Waals surface area (Å²) >= 11 is 12.1. The molecule has 2 rings (SSSR count).